The van der Waals surface area contributed by atoms with E-state index in [0.717, 1.165) is 0 Å². The predicted molar refractivity (Wildman–Crippen MR) is 124 cm³/mol. The number of sulfonamides is 1. The third-order valence-corrected chi connectivity index (χ3v) is 5.91. The van der Waals surface area contributed by atoms with E-state index in [9.17, 15) is 13.2 Å². The number of carbonyl (C=O) groups excluding carboxylic acids is 1. The Kier molecular flexibility index (Phi) is 7.62. The number of rotatable bonds is 10. The van der Waals surface area contributed by atoms with Crippen LogP contribution in [0.3, 0.4) is 0 Å². The zero-order valence-corrected chi connectivity index (χ0v) is 19.1. The summed E-state index contributed by atoms with van der Waals surface area (Å²) in [5, 5.41) is 2.62. The van der Waals surface area contributed by atoms with Gasteiger partial charge in [-0.25, -0.2) is 8.42 Å². The van der Waals surface area contributed by atoms with Gasteiger partial charge in [0.05, 0.1) is 31.9 Å². The average molecular weight is 473 g/mol. The molecule has 0 fully saturated rings. The lowest BCUT2D eigenvalue weighted by Gasteiger charge is -2.14. The lowest BCUT2D eigenvalue weighted by molar-refractivity contribution is -0.118. The second kappa shape index (κ2) is 10.6. The Morgan fingerprint density at radius 2 is 1.36 bits per heavy atom. The van der Waals surface area contributed by atoms with Gasteiger partial charge >= 0.3 is 0 Å². The number of ether oxygens (including phenoxy) is 4. The van der Waals surface area contributed by atoms with E-state index in [2.05, 4.69) is 10.0 Å². The van der Waals surface area contributed by atoms with E-state index in [-0.39, 0.29) is 17.2 Å². The number of hydrogen-bond donors (Lipinski definition) is 2. The van der Waals surface area contributed by atoms with Crippen molar-refractivity contribution < 1.29 is 32.2 Å². The van der Waals surface area contributed by atoms with Gasteiger partial charge in [-0.3, -0.25) is 9.52 Å². The number of methoxy groups -OCH3 is 3. The molecule has 0 aromatic heterocycles. The maximum atomic E-state index is 12.8. The molecule has 33 heavy (non-hydrogen) atoms. The summed E-state index contributed by atoms with van der Waals surface area (Å²) in [5.41, 5.74) is 0.559. The Balaban J connectivity index is 1.71. The molecule has 3 aromatic rings. The molecule has 0 saturated carbocycles. The summed E-state index contributed by atoms with van der Waals surface area (Å²) < 4.78 is 49.0. The molecule has 0 aliphatic heterocycles. The van der Waals surface area contributed by atoms with Crippen molar-refractivity contribution >= 4 is 27.3 Å². The monoisotopic (exact) mass is 472 g/mol. The van der Waals surface area contributed by atoms with Crippen LogP contribution in [0.1, 0.15) is 0 Å². The van der Waals surface area contributed by atoms with Crippen LogP contribution in [-0.4, -0.2) is 42.3 Å². The molecule has 2 N–H and O–H groups in total. The van der Waals surface area contributed by atoms with Crippen LogP contribution in [0.4, 0.5) is 11.4 Å². The lowest BCUT2D eigenvalue weighted by Crippen LogP contribution is -2.21. The van der Waals surface area contributed by atoms with Crippen LogP contribution >= 0.6 is 0 Å². The first kappa shape index (κ1) is 23.7. The van der Waals surface area contributed by atoms with Gasteiger partial charge in [-0.1, -0.05) is 0 Å². The van der Waals surface area contributed by atoms with Gasteiger partial charge in [0.2, 0.25) is 0 Å². The molecule has 3 rings (SSSR count). The highest BCUT2D eigenvalue weighted by Crippen LogP contribution is 2.29. The first-order valence-corrected chi connectivity index (χ1v) is 11.2. The van der Waals surface area contributed by atoms with Crippen molar-refractivity contribution in [2.45, 2.75) is 4.90 Å². The zero-order valence-electron chi connectivity index (χ0n) is 18.3. The van der Waals surface area contributed by atoms with Crippen molar-refractivity contribution in [3.63, 3.8) is 0 Å². The van der Waals surface area contributed by atoms with Crippen molar-refractivity contribution in [2.75, 3.05) is 38.0 Å². The van der Waals surface area contributed by atoms with E-state index in [1.807, 2.05) is 0 Å². The molecule has 0 spiro atoms. The van der Waals surface area contributed by atoms with Gasteiger partial charge < -0.3 is 24.3 Å². The molecule has 0 saturated heterocycles. The van der Waals surface area contributed by atoms with E-state index in [4.69, 9.17) is 18.9 Å². The van der Waals surface area contributed by atoms with Gasteiger partial charge in [-0.15, -0.1) is 0 Å². The lowest BCUT2D eigenvalue weighted by atomic mass is 10.3. The molecule has 3 aromatic carbocycles. The first-order chi connectivity index (χ1) is 15.8. The average Bonchev–Trinajstić information content (AvgIpc) is 2.83. The number of hydrogen-bond acceptors (Lipinski definition) is 7. The van der Waals surface area contributed by atoms with Gasteiger partial charge in [0, 0.05) is 5.69 Å². The molecule has 0 radical (unpaired) electrons. The fourth-order valence-electron chi connectivity index (χ4n) is 2.83. The maximum Gasteiger partial charge on any atom is 0.262 e. The van der Waals surface area contributed by atoms with Crippen LogP contribution in [-0.2, 0) is 14.8 Å². The fourth-order valence-corrected chi connectivity index (χ4v) is 3.92. The van der Waals surface area contributed by atoms with Crippen molar-refractivity contribution in [2.24, 2.45) is 0 Å². The number of benzene rings is 3. The predicted octanol–water partition coefficient (Wildman–Crippen LogP) is 3.53. The van der Waals surface area contributed by atoms with E-state index in [1.165, 1.54) is 32.4 Å². The van der Waals surface area contributed by atoms with Crippen molar-refractivity contribution in [1.82, 2.24) is 0 Å². The molecule has 1 amide bonds. The van der Waals surface area contributed by atoms with Gasteiger partial charge in [-0.05, 0) is 66.7 Å². The third kappa shape index (κ3) is 6.30. The summed E-state index contributed by atoms with van der Waals surface area (Å²) >= 11 is 0. The van der Waals surface area contributed by atoms with E-state index < -0.39 is 15.9 Å². The topological polar surface area (TPSA) is 112 Å². The minimum absolute atomic E-state index is 0.0505. The molecule has 0 aliphatic carbocycles. The van der Waals surface area contributed by atoms with Crippen molar-refractivity contribution in [3.05, 3.63) is 66.7 Å². The highest BCUT2D eigenvalue weighted by molar-refractivity contribution is 7.92. The normalized spacial score (nSPS) is 10.8. The Morgan fingerprint density at radius 1 is 0.788 bits per heavy atom. The number of amides is 1. The molecule has 0 heterocycles. The third-order valence-electron chi connectivity index (χ3n) is 4.53. The van der Waals surface area contributed by atoms with Crippen LogP contribution in [0.15, 0.2) is 71.6 Å². The molecular weight excluding hydrogens is 448 g/mol. The minimum Gasteiger partial charge on any atom is -0.497 e. The van der Waals surface area contributed by atoms with Crippen LogP contribution in [0.2, 0.25) is 0 Å². The molecule has 0 atom stereocenters. The molecule has 0 bridgehead atoms. The van der Waals surface area contributed by atoms with Crippen LogP contribution in [0.5, 0.6) is 23.0 Å². The molecule has 0 unspecified atom stereocenters. The molecular formula is C23H24N2O7S. The Labute approximate surface area is 192 Å². The number of carbonyl (C=O) groups is 1. The van der Waals surface area contributed by atoms with E-state index in [0.29, 0.717) is 28.7 Å². The summed E-state index contributed by atoms with van der Waals surface area (Å²) in [7, 11) is 0.576. The van der Waals surface area contributed by atoms with Crippen LogP contribution < -0.4 is 29.0 Å². The fraction of sp³-hybridized carbons (Fsp3) is 0.174. The molecule has 0 aliphatic rings. The Hall–Kier alpha value is -3.92. The van der Waals surface area contributed by atoms with Gasteiger partial charge in [0.15, 0.2) is 6.61 Å². The first-order valence-electron chi connectivity index (χ1n) is 9.76. The number of anilines is 2. The zero-order chi connectivity index (χ0) is 23.8. The summed E-state index contributed by atoms with van der Waals surface area (Å²) in [6.45, 7) is -0.281. The van der Waals surface area contributed by atoms with Crippen molar-refractivity contribution in [1.29, 1.82) is 0 Å². The highest BCUT2D eigenvalue weighted by atomic mass is 32.2. The second-order valence-corrected chi connectivity index (χ2v) is 8.39. The Morgan fingerprint density at radius 3 is 1.94 bits per heavy atom. The minimum atomic E-state index is -3.92. The quantitative estimate of drug-likeness (QED) is 0.464. The summed E-state index contributed by atoms with van der Waals surface area (Å²) in [4.78, 5) is 12.3. The van der Waals surface area contributed by atoms with Gasteiger partial charge in [-0.2, -0.15) is 0 Å². The summed E-state index contributed by atoms with van der Waals surface area (Å²) in [5.74, 6) is 1.57. The van der Waals surface area contributed by atoms with Gasteiger partial charge in [0.1, 0.15) is 23.0 Å². The van der Waals surface area contributed by atoms with E-state index >= 15 is 0 Å². The second-order valence-electron chi connectivity index (χ2n) is 6.71. The Bertz CT molecular complexity index is 1190. The maximum absolute atomic E-state index is 12.8. The largest absolute Gasteiger partial charge is 0.497 e. The highest BCUT2D eigenvalue weighted by Gasteiger charge is 2.18. The SMILES string of the molecule is COc1ccc(NS(=O)(=O)c2ccc(OC)c(NC(=O)COc3ccc(OC)cc3)c2)cc1. The summed E-state index contributed by atoms with van der Waals surface area (Å²) in [6, 6.07) is 17.4. The van der Waals surface area contributed by atoms with Crippen LogP contribution in [0.25, 0.3) is 0 Å². The molecule has 10 heteroatoms. The van der Waals surface area contributed by atoms with Crippen molar-refractivity contribution in [3.8, 4) is 23.0 Å². The molecule has 174 valence electrons. The standard InChI is InChI=1S/C23H24N2O7S/c1-29-17-6-4-16(5-7-17)25-33(27,28)20-12-13-22(31-3)21(14-20)24-23(26)15-32-19-10-8-18(30-2)9-11-19/h4-14,25H,15H2,1-3H3,(H,24,26). The van der Waals surface area contributed by atoms with E-state index in [1.54, 1.807) is 55.6 Å². The van der Waals surface area contributed by atoms with Gasteiger partial charge in [0.25, 0.3) is 15.9 Å². The smallest absolute Gasteiger partial charge is 0.262 e. The number of nitrogens with one attached hydrogen (secondary N) is 2. The summed E-state index contributed by atoms with van der Waals surface area (Å²) in [6.07, 6.45) is 0. The molecule has 9 nitrogen and oxygen atoms in total. The van der Waals surface area contributed by atoms with Crippen LogP contribution in [0, 0.1) is 0 Å².